The number of aryl methyl sites for hydroxylation is 1. The Morgan fingerprint density at radius 2 is 1.92 bits per heavy atom. The summed E-state index contributed by atoms with van der Waals surface area (Å²) in [6.07, 6.45) is 2.47. The molecule has 4 nitrogen and oxygen atoms in total. The van der Waals surface area contributed by atoms with Gasteiger partial charge in [-0.1, -0.05) is 41.9 Å². The second-order valence-corrected chi connectivity index (χ2v) is 6.44. The van der Waals surface area contributed by atoms with Gasteiger partial charge in [0.2, 0.25) is 0 Å². The smallest absolute Gasteiger partial charge is 0.274 e. The number of hydrogen-bond donors (Lipinski definition) is 2. The maximum absolute atomic E-state index is 12.4. The fourth-order valence-electron chi connectivity index (χ4n) is 2.61. The summed E-state index contributed by atoms with van der Waals surface area (Å²) < 4.78 is 0. The zero-order valence-corrected chi connectivity index (χ0v) is 15.3. The Morgan fingerprint density at radius 3 is 2.73 bits per heavy atom. The summed E-state index contributed by atoms with van der Waals surface area (Å²) in [6.45, 7) is 2.69. The average molecular weight is 366 g/mol. The van der Waals surface area contributed by atoms with Crippen molar-refractivity contribution in [1.82, 2.24) is 4.98 Å². The van der Waals surface area contributed by atoms with E-state index in [1.54, 1.807) is 12.3 Å². The first kappa shape index (κ1) is 18.0. The molecule has 3 rings (SSSR count). The molecule has 5 heteroatoms. The van der Waals surface area contributed by atoms with Crippen molar-refractivity contribution in [2.24, 2.45) is 0 Å². The van der Waals surface area contributed by atoms with Crippen molar-refractivity contribution in [2.45, 2.75) is 13.3 Å². The van der Waals surface area contributed by atoms with Crippen LogP contribution in [0.2, 0.25) is 5.02 Å². The van der Waals surface area contributed by atoms with Crippen LogP contribution in [0.3, 0.4) is 0 Å². The van der Waals surface area contributed by atoms with Crippen molar-refractivity contribution in [3.63, 3.8) is 0 Å². The zero-order valence-electron chi connectivity index (χ0n) is 14.5. The lowest BCUT2D eigenvalue weighted by Gasteiger charge is -2.10. The van der Waals surface area contributed by atoms with E-state index in [0.717, 1.165) is 40.5 Å². The van der Waals surface area contributed by atoms with Gasteiger partial charge in [-0.25, -0.2) is 0 Å². The lowest BCUT2D eigenvalue weighted by Crippen LogP contribution is -2.15. The molecule has 0 saturated carbocycles. The second-order valence-electron chi connectivity index (χ2n) is 6.01. The van der Waals surface area contributed by atoms with Gasteiger partial charge in [-0.2, -0.15) is 0 Å². The number of halogens is 1. The highest BCUT2D eigenvalue weighted by Crippen LogP contribution is 2.16. The van der Waals surface area contributed by atoms with Crippen LogP contribution in [0.4, 0.5) is 11.4 Å². The van der Waals surface area contributed by atoms with Gasteiger partial charge in [-0.15, -0.1) is 0 Å². The van der Waals surface area contributed by atoms with E-state index in [2.05, 4.69) is 15.6 Å². The van der Waals surface area contributed by atoms with E-state index in [0.29, 0.717) is 5.69 Å². The molecule has 1 amide bonds. The summed E-state index contributed by atoms with van der Waals surface area (Å²) in [5, 5.41) is 6.96. The normalized spacial score (nSPS) is 10.4. The first-order valence-electron chi connectivity index (χ1n) is 8.43. The highest BCUT2D eigenvalue weighted by atomic mass is 35.5. The highest BCUT2D eigenvalue weighted by Gasteiger charge is 2.09. The molecule has 0 atom stereocenters. The monoisotopic (exact) mass is 365 g/mol. The molecule has 3 aromatic rings. The number of carbonyl (C=O) groups excluding carboxylic acids is 1. The molecule has 132 valence electrons. The summed E-state index contributed by atoms with van der Waals surface area (Å²) in [7, 11) is 0. The van der Waals surface area contributed by atoms with Crippen LogP contribution < -0.4 is 10.6 Å². The summed E-state index contributed by atoms with van der Waals surface area (Å²) in [5.74, 6) is -0.224. The van der Waals surface area contributed by atoms with Crippen molar-refractivity contribution < 1.29 is 4.79 Å². The Hall–Kier alpha value is -2.85. The van der Waals surface area contributed by atoms with Gasteiger partial charge in [0, 0.05) is 29.1 Å². The molecule has 1 aromatic heterocycles. The molecule has 0 radical (unpaired) electrons. The van der Waals surface area contributed by atoms with Crippen LogP contribution in [0, 0.1) is 6.92 Å². The fourth-order valence-corrected chi connectivity index (χ4v) is 2.82. The first-order chi connectivity index (χ1) is 12.6. The van der Waals surface area contributed by atoms with Crippen molar-refractivity contribution in [1.29, 1.82) is 0 Å². The fraction of sp³-hybridized carbons (Fsp3) is 0.143. The molecule has 0 bridgehead atoms. The molecule has 26 heavy (non-hydrogen) atoms. The van der Waals surface area contributed by atoms with Crippen LogP contribution in [0.15, 0.2) is 66.9 Å². The minimum absolute atomic E-state index is 0.224. The van der Waals surface area contributed by atoms with Gasteiger partial charge in [0.15, 0.2) is 0 Å². The SMILES string of the molecule is Cc1ccccc1NC(=O)c1cc(NCCc2cccc(Cl)c2)ccn1. The Kier molecular flexibility index (Phi) is 5.87. The standard InChI is InChI=1S/C21H20ClN3O/c1-15-5-2-3-8-19(15)25-21(26)20-14-18(10-12-24-20)23-11-9-16-6-4-7-17(22)13-16/h2-8,10,12-14H,9,11H2,1H3,(H,23,24)(H,25,26). The first-order valence-corrected chi connectivity index (χ1v) is 8.81. The summed E-state index contributed by atoms with van der Waals surface area (Å²) >= 11 is 6.00. The molecule has 0 aliphatic rings. The number of anilines is 2. The molecule has 2 aromatic carbocycles. The molecule has 0 aliphatic carbocycles. The lowest BCUT2D eigenvalue weighted by molar-refractivity contribution is 0.102. The maximum Gasteiger partial charge on any atom is 0.274 e. The van der Waals surface area contributed by atoms with Crippen molar-refractivity contribution >= 4 is 28.9 Å². The molecule has 0 spiro atoms. The number of nitrogens with one attached hydrogen (secondary N) is 2. The lowest BCUT2D eigenvalue weighted by atomic mass is 10.1. The third kappa shape index (κ3) is 4.83. The van der Waals surface area contributed by atoms with Gasteiger partial charge in [-0.05, 0) is 54.8 Å². The number of rotatable bonds is 6. The number of aromatic nitrogens is 1. The number of carbonyl (C=O) groups is 1. The number of hydrogen-bond acceptors (Lipinski definition) is 3. The van der Waals surface area contributed by atoms with E-state index < -0.39 is 0 Å². The summed E-state index contributed by atoms with van der Waals surface area (Å²) in [5.41, 5.74) is 4.20. The van der Waals surface area contributed by atoms with Crippen LogP contribution in [-0.4, -0.2) is 17.4 Å². The molecule has 0 saturated heterocycles. The number of nitrogens with zero attached hydrogens (tertiary/aromatic N) is 1. The van der Waals surface area contributed by atoms with E-state index >= 15 is 0 Å². The van der Waals surface area contributed by atoms with Crippen molar-refractivity contribution in [3.05, 3.63) is 88.7 Å². The van der Waals surface area contributed by atoms with E-state index in [4.69, 9.17) is 11.6 Å². The number of amides is 1. The van der Waals surface area contributed by atoms with Gasteiger partial charge in [-0.3, -0.25) is 9.78 Å². The Bertz CT molecular complexity index is 911. The largest absolute Gasteiger partial charge is 0.385 e. The number of benzene rings is 2. The van der Waals surface area contributed by atoms with Gasteiger partial charge in [0.25, 0.3) is 5.91 Å². The van der Waals surface area contributed by atoms with Gasteiger partial charge < -0.3 is 10.6 Å². The van der Waals surface area contributed by atoms with Crippen LogP contribution in [0.25, 0.3) is 0 Å². The van der Waals surface area contributed by atoms with E-state index in [9.17, 15) is 4.79 Å². The zero-order chi connectivity index (χ0) is 18.4. The minimum Gasteiger partial charge on any atom is -0.385 e. The molecular weight excluding hydrogens is 346 g/mol. The quantitative estimate of drug-likeness (QED) is 0.649. The molecule has 0 fully saturated rings. The van der Waals surface area contributed by atoms with E-state index in [-0.39, 0.29) is 5.91 Å². The summed E-state index contributed by atoms with van der Waals surface area (Å²) in [6, 6.07) is 19.1. The van der Waals surface area contributed by atoms with E-state index in [1.165, 1.54) is 0 Å². The molecule has 2 N–H and O–H groups in total. The van der Waals surface area contributed by atoms with E-state index in [1.807, 2.05) is 61.5 Å². The molecule has 0 aliphatic heterocycles. The predicted molar refractivity (Wildman–Crippen MR) is 107 cm³/mol. The summed E-state index contributed by atoms with van der Waals surface area (Å²) in [4.78, 5) is 16.6. The van der Waals surface area contributed by atoms with Gasteiger partial charge in [0.05, 0.1) is 0 Å². The average Bonchev–Trinajstić information content (AvgIpc) is 2.64. The third-order valence-electron chi connectivity index (χ3n) is 4.02. The minimum atomic E-state index is -0.224. The molecule has 0 unspecified atom stereocenters. The van der Waals surface area contributed by atoms with Crippen molar-refractivity contribution in [3.8, 4) is 0 Å². The second kappa shape index (κ2) is 8.50. The van der Waals surface area contributed by atoms with Gasteiger partial charge >= 0.3 is 0 Å². The Morgan fingerprint density at radius 1 is 1.08 bits per heavy atom. The van der Waals surface area contributed by atoms with Crippen LogP contribution in [0.1, 0.15) is 21.6 Å². The van der Waals surface area contributed by atoms with Crippen LogP contribution in [-0.2, 0) is 6.42 Å². The topological polar surface area (TPSA) is 54.0 Å². The maximum atomic E-state index is 12.4. The molecular formula is C21H20ClN3O. The van der Waals surface area contributed by atoms with Gasteiger partial charge in [0.1, 0.15) is 5.69 Å². The Balaban J connectivity index is 1.60. The van der Waals surface area contributed by atoms with Crippen molar-refractivity contribution in [2.75, 3.05) is 17.2 Å². The molecule has 1 heterocycles. The van der Waals surface area contributed by atoms with Crippen LogP contribution >= 0.6 is 11.6 Å². The number of para-hydroxylation sites is 1. The third-order valence-corrected chi connectivity index (χ3v) is 4.25. The predicted octanol–water partition coefficient (Wildman–Crippen LogP) is 4.95. The Labute approximate surface area is 158 Å². The number of pyridine rings is 1. The highest BCUT2D eigenvalue weighted by molar-refractivity contribution is 6.30. The van der Waals surface area contributed by atoms with Crippen LogP contribution in [0.5, 0.6) is 0 Å².